The second kappa shape index (κ2) is 5.64. The topological polar surface area (TPSA) is 128 Å². The summed E-state index contributed by atoms with van der Waals surface area (Å²) in [5.74, 6) is -0.958. The molecular formula is C11H13N3O6S. The van der Waals surface area contributed by atoms with Gasteiger partial charge in [0, 0.05) is 12.1 Å². The number of hydrogen-bond donors (Lipinski definition) is 1. The summed E-state index contributed by atoms with van der Waals surface area (Å²) in [7, 11) is -1.96. The van der Waals surface area contributed by atoms with E-state index >= 15 is 0 Å². The fourth-order valence-corrected chi connectivity index (χ4v) is 3.70. The molecule has 1 aliphatic heterocycles. The molecule has 21 heavy (non-hydrogen) atoms. The summed E-state index contributed by atoms with van der Waals surface area (Å²) in [5.41, 5.74) is -0.418. The summed E-state index contributed by atoms with van der Waals surface area (Å²) >= 11 is 0. The molecule has 0 aromatic carbocycles. The predicted octanol–water partition coefficient (Wildman–Crippen LogP) is 0.375. The zero-order valence-corrected chi connectivity index (χ0v) is 11.9. The average Bonchev–Trinajstić information content (AvgIpc) is 2.76. The van der Waals surface area contributed by atoms with Gasteiger partial charge in [0.2, 0.25) is 5.82 Å². The van der Waals surface area contributed by atoms with Gasteiger partial charge in [0.15, 0.2) is 15.5 Å². The number of rotatable bonds is 4. The Morgan fingerprint density at radius 1 is 1.52 bits per heavy atom. The third-order valence-corrected chi connectivity index (χ3v) is 4.81. The number of anilines is 1. The molecule has 9 nitrogen and oxygen atoms in total. The van der Waals surface area contributed by atoms with E-state index in [2.05, 4.69) is 15.0 Å². The zero-order chi connectivity index (χ0) is 15.6. The van der Waals surface area contributed by atoms with E-state index in [1.165, 1.54) is 13.2 Å². The Kier molecular flexibility index (Phi) is 4.07. The van der Waals surface area contributed by atoms with Crippen molar-refractivity contribution in [2.45, 2.75) is 12.5 Å². The van der Waals surface area contributed by atoms with Gasteiger partial charge in [-0.1, -0.05) is 0 Å². The second-order valence-corrected chi connectivity index (χ2v) is 6.79. The lowest BCUT2D eigenvalue weighted by atomic mass is 10.2. The summed E-state index contributed by atoms with van der Waals surface area (Å²) in [6.45, 7) is 0. The van der Waals surface area contributed by atoms with Crippen LogP contribution in [0.4, 0.5) is 11.5 Å². The minimum Gasteiger partial charge on any atom is -0.464 e. The molecule has 1 fully saturated rings. The maximum atomic E-state index is 11.4. The molecule has 1 aliphatic rings. The number of carbonyl (C=O) groups is 1. The summed E-state index contributed by atoms with van der Waals surface area (Å²) in [5, 5.41) is 13.7. The molecule has 0 bridgehead atoms. The van der Waals surface area contributed by atoms with E-state index in [1.807, 2.05) is 0 Å². The number of nitrogens with one attached hydrogen (secondary N) is 1. The first kappa shape index (κ1) is 15.2. The molecule has 0 aliphatic carbocycles. The molecule has 1 aromatic rings. The molecule has 114 valence electrons. The maximum absolute atomic E-state index is 11.4. The largest absolute Gasteiger partial charge is 0.464 e. The quantitative estimate of drug-likeness (QED) is 0.479. The molecule has 1 atom stereocenters. The Morgan fingerprint density at radius 2 is 2.24 bits per heavy atom. The Hall–Kier alpha value is -2.23. The SMILES string of the molecule is COC(=O)c1ccc([N+](=O)[O-])c(NC2CCS(=O)(=O)C2)n1. The van der Waals surface area contributed by atoms with Crippen LogP contribution in [0.25, 0.3) is 0 Å². The van der Waals surface area contributed by atoms with Crippen molar-refractivity contribution in [2.24, 2.45) is 0 Å². The second-order valence-electron chi connectivity index (χ2n) is 4.56. The van der Waals surface area contributed by atoms with Crippen LogP contribution < -0.4 is 5.32 Å². The highest BCUT2D eigenvalue weighted by Gasteiger charge is 2.30. The first-order valence-electron chi connectivity index (χ1n) is 6.03. The number of nitrogens with zero attached hydrogens (tertiary/aromatic N) is 2. The molecule has 0 radical (unpaired) electrons. The van der Waals surface area contributed by atoms with E-state index in [4.69, 9.17) is 0 Å². The number of aromatic nitrogens is 1. The number of nitro groups is 1. The van der Waals surface area contributed by atoms with Crippen molar-refractivity contribution in [3.63, 3.8) is 0 Å². The number of ether oxygens (including phenoxy) is 1. The highest BCUT2D eigenvalue weighted by Crippen LogP contribution is 2.25. The van der Waals surface area contributed by atoms with E-state index < -0.39 is 26.8 Å². The maximum Gasteiger partial charge on any atom is 0.356 e. The first-order chi connectivity index (χ1) is 9.82. The normalized spacial score (nSPS) is 20.0. The van der Waals surface area contributed by atoms with Crippen LogP contribution in [0.3, 0.4) is 0 Å². The highest BCUT2D eigenvalue weighted by atomic mass is 32.2. The summed E-state index contributed by atoms with van der Waals surface area (Å²) in [4.78, 5) is 25.6. The van der Waals surface area contributed by atoms with Gasteiger partial charge in [-0.15, -0.1) is 0 Å². The summed E-state index contributed by atoms with van der Waals surface area (Å²) < 4.78 is 27.3. The Morgan fingerprint density at radius 3 is 2.76 bits per heavy atom. The Bertz CT molecular complexity index is 687. The minimum atomic E-state index is -3.13. The van der Waals surface area contributed by atoms with Crippen molar-refractivity contribution in [3.05, 3.63) is 27.9 Å². The number of hydrogen-bond acceptors (Lipinski definition) is 8. The van der Waals surface area contributed by atoms with Crippen molar-refractivity contribution in [2.75, 3.05) is 23.9 Å². The molecule has 1 saturated heterocycles. The van der Waals surface area contributed by atoms with Crippen molar-refractivity contribution in [1.82, 2.24) is 4.98 Å². The van der Waals surface area contributed by atoms with Gasteiger partial charge in [-0.25, -0.2) is 18.2 Å². The van der Waals surface area contributed by atoms with Gasteiger partial charge >= 0.3 is 11.7 Å². The van der Waals surface area contributed by atoms with Crippen LogP contribution in [0.15, 0.2) is 12.1 Å². The van der Waals surface area contributed by atoms with Crippen LogP contribution in [0.5, 0.6) is 0 Å². The van der Waals surface area contributed by atoms with Gasteiger partial charge in [0.05, 0.1) is 23.5 Å². The fourth-order valence-electron chi connectivity index (χ4n) is 2.03. The summed E-state index contributed by atoms with van der Waals surface area (Å²) in [6.07, 6.45) is 0.337. The highest BCUT2D eigenvalue weighted by molar-refractivity contribution is 7.91. The van der Waals surface area contributed by atoms with Crippen molar-refractivity contribution in [1.29, 1.82) is 0 Å². The molecule has 1 unspecified atom stereocenters. The van der Waals surface area contributed by atoms with Gasteiger partial charge in [-0.2, -0.15) is 0 Å². The summed E-state index contributed by atoms with van der Waals surface area (Å²) in [6, 6.07) is 1.85. The third-order valence-electron chi connectivity index (χ3n) is 3.04. The monoisotopic (exact) mass is 315 g/mol. The lowest BCUT2D eigenvalue weighted by Crippen LogP contribution is -2.22. The van der Waals surface area contributed by atoms with Crippen molar-refractivity contribution in [3.8, 4) is 0 Å². The molecule has 0 saturated carbocycles. The smallest absolute Gasteiger partial charge is 0.356 e. The van der Waals surface area contributed by atoms with Crippen LogP contribution >= 0.6 is 0 Å². The molecule has 2 heterocycles. The molecular weight excluding hydrogens is 302 g/mol. The van der Waals surface area contributed by atoms with Gasteiger partial charge < -0.3 is 10.1 Å². The van der Waals surface area contributed by atoms with Gasteiger partial charge in [-0.05, 0) is 12.5 Å². The van der Waals surface area contributed by atoms with E-state index in [1.54, 1.807) is 0 Å². The lowest BCUT2D eigenvalue weighted by Gasteiger charge is -2.12. The molecule has 0 spiro atoms. The predicted molar refractivity (Wildman–Crippen MR) is 72.9 cm³/mol. The Balaban J connectivity index is 2.31. The van der Waals surface area contributed by atoms with Crippen LogP contribution in [0, 0.1) is 10.1 Å². The molecule has 0 amide bonds. The first-order valence-corrected chi connectivity index (χ1v) is 7.85. The molecule has 10 heteroatoms. The molecule has 2 rings (SSSR count). The number of pyridine rings is 1. The van der Waals surface area contributed by atoms with Gasteiger partial charge in [-0.3, -0.25) is 10.1 Å². The van der Waals surface area contributed by atoms with Gasteiger partial charge in [0.1, 0.15) is 0 Å². The Labute approximate surface area is 120 Å². The van der Waals surface area contributed by atoms with Crippen LogP contribution in [0.1, 0.15) is 16.9 Å². The number of methoxy groups -OCH3 is 1. The van der Waals surface area contributed by atoms with E-state index in [-0.39, 0.29) is 28.7 Å². The van der Waals surface area contributed by atoms with Crippen LogP contribution in [0.2, 0.25) is 0 Å². The van der Waals surface area contributed by atoms with E-state index in [0.29, 0.717) is 6.42 Å². The lowest BCUT2D eigenvalue weighted by molar-refractivity contribution is -0.384. The third kappa shape index (κ3) is 3.45. The standard InChI is InChI=1S/C11H13N3O6S/c1-20-11(15)8-2-3-9(14(16)17)10(13-8)12-7-4-5-21(18,19)6-7/h2-3,7H,4-6H2,1H3,(H,12,13). The number of esters is 1. The van der Waals surface area contributed by atoms with Gasteiger partial charge in [0.25, 0.3) is 0 Å². The number of sulfone groups is 1. The van der Waals surface area contributed by atoms with Crippen LogP contribution in [-0.2, 0) is 14.6 Å². The zero-order valence-electron chi connectivity index (χ0n) is 11.1. The fraction of sp³-hybridized carbons (Fsp3) is 0.455. The van der Waals surface area contributed by atoms with E-state index in [9.17, 15) is 23.3 Å². The van der Waals surface area contributed by atoms with Crippen LogP contribution in [-0.4, -0.2) is 49.0 Å². The van der Waals surface area contributed by atoms with Crippen molar-refractivity contribution < 1.29 is 22.9 Å². The molecule has 1 N–H and O–H groups in total. The average molecular weight is 315 g/mol. The van der Waals surface area contributed by atoms with E-state index in [0.717, 1.165) is 6.07 Å². The molecule has 1 aromatic heterocycles. The number of carbonyl (C=O) groups excluding carboxylic acids is 1. The van der Waals surface area contributed by atoms with Crippen molar-refractivity contribution >= 4 is 27.3 Å². The minimum absolute atomic E-state index is 0.0230.